The van der Waals surface area contributed by atoms with Gasteiger partial charge in [0.2, 0.25) is 0 Å². The molecule has 0 spiro atoms. The summed E-state index contributed by atoms with van der Waals surface area (Å²) >= 11 is 6.11. The molecule has 0 saturated heterocycles. The van der Waals surface area contributed by atoms with Crippen molar-refractivity contribution in [1.29, 1.82) is 0 Å². The molecule has 29 heavy (non-hydrogen) atoms. The number of nitrogens with zero attached hydrogens (tertiary/aromatic N) is 2. The number of hydrogen-bond acceptors (Lipinski definition) is 3. The number of carbonyl (C=O) groups is 2. The summed E-state index contributed by atoms with van der Waals surface area (Å²) in [6, 6.07) is 13.5. The zero-order valence-corrected chi connectivity index (χ0v) is 17.2. The highest BCUT2D eigenvalue weighted by atomic mass is 35.5. The quantitative estimate of drug-likeness (QED) is 0.632. The number of hydrogen-bond donors (Lipinski definition) is 2. The number of rotatable bonds is 6. The van der Waals surface area contributed by atoms with Gasteiger partial charge in [-0.1, -0.05) is 41.4 Å². The van der Waals surface area contributed by atoms with E-state index in [4.69, 9.17) is 16.7 Å². The van der Waals surface area contributed by atoms with E-state index in [0.717, 1.165) is 33.6 Å². The van der Waals surface area contributed by atoms with Gasteiger partial charge < -0.3 is 10.4 Å². The van der Waals surface area contributed by atoms with Crippen molar-refractivity contribution in [3.8, 4) is 16.9 Å². The van der Waals surface area contributed by atoms with Crippen LogP contribution in [0.4, 0.5) is 0 Å². The summed E-state index contributed by atoms with van der Waals surface area (Å²) in [7, 11) is 0. The first-order chi connectivity index (χ1) is 13.8. The molecule has 0 aliphatic carbocycles. The molecule has 3 aromatic rings. The van der Waals surface area contributed by atoms with Gasteiger partial charge in [-0.05, 0) is 44.5 Å². The molecule has 3 rings (SSSR count). The first-order valence-electron chi connectivity index (χ1n) is 9.21. The van der Waals surface area contributed by atoms with E-state index in [-0.39, 0.29) is 18.7 Å². The molecule has 1 heterocycles. The predicted octanol–water partition coefficient (Wildman–Crippen LogP) is 4.32. The largest absolute Gasteiger partial charge is 0.481 e. The number of carbonyl (C=O) groups excluding carboxylic acids is 1. The predicted molar refractivity (Wildman–Crippen MR) is 113 cm³/mol. The molecule has 0 aliphatic heterocycles. The highest BCUT2D eigenvalue weighted by molar-refractivity contribution is 6.30. The van der Waals surface area contributed by atoms with Gasteiger partial charge in [-0.25, -0.2) is 4.68 Å². The van der Waals surface area contributed by atoms with Crippen LogP contribution in [0.1, 0.15) is 33.6 Å². The number of carboxylic acid groups (broad SMARTS) is 1. The van der Waals surface area contributed by atoms with E-state index < -0.39 is 11.9 Å². The SMILES string of the molecule is Cc1ccc(-c2c(C)c(C(=O)NCCC(=O)O)nn2-c2ccc(Cl)cc2C)cc1. The number of nitrogens with one attached hydrogen (secondary N) is 1. The summed E-state index contributed by atoms with van der Waals surface area (Å²) in [4.78, 5) is 23.4. The average molecular weight is 412 g/mol. The highest BCUT2D eigenvalue weighted by Crippen LogP contribution is 2.31. The Bertz CT molecular complexity index is 1070. The van der Waals surface area contributed by atoms with Crippen molar-refractivity contribution in [3.05, 3.63) is 69.9 Å². The van der Waals surface area contributed by atoms with E-state index in [0.29, 0.717) is 5.02 Å². The Morgan fingerprint density at radius 3 is 2.41 bits per heavy atom. The van der Waals surface area contributed by atoms with Gasteiger partial charge in [0.25, 0.3) is 5.91 Å². The van der Waals surface area contributed by atoms with E-state index in [9.17, 15) is 9.59 Å². The van der Waals surface area contributed by atoms with Gasteiger partial charge in [-0.15, -0.1) is 0 Å². The molecule has 0 saturated carbocycles. The molecular formula is C22H22ClN3O3. The number of aliphatic carboxylic acids is 1. The average Bonchev–Trinajstić information content (AvgIpc) is 2.99. The van der Waals surface area contributed by atoms with Crippen LogP contribution in [-0.2, 0) is 4.79 Å². The van der Waals surface area contributed by atoms with Gasteiger partial charge in [-0.3, -0.25) is 9.59 Å². The van der Waals surface area contributed by atoms with Gasteiger partial charge in [-0.2, -0.15) is 5.10 Å². The van der Waals surface area contributed by atoms with Crippen molar-refractivity contribution < 1.29 is 14.7 Å². The molecule has 0 radical (unpaired) electrons. The van der Waals surface area contributed by atoms with Crippen molar-refractivity contribution in [2.75, 3.05) is 6.54 Å². The van der Waals surface area contributed by atoms with Crippen LogP contribution < -0.4 is 5.32 Å². The Hall–Kier alpha value is -3.12. The number of halogens is 1. The number of aromatic nitrogens is 2. The third kappa shape index (κ3) is 4.49. The first kappa shape index (κ1) is 20.6. The summed E-state index contributed by atoms with van der Waals surface area (Å²) in [6.45, 7) is 5.83. The molecule has 0 bridgehead atoms. The molecule has 1 aromatic heterocycles. The zero-order chi connectivity index (χ0) is 21.1. The lowest BCUT2D eigenvalue weighted by Gasteiger charge is -2.12. The molecule has 2 aromatic carbocycles. The van der Waals surface area contributed by atoms with Crippen LogP contribution in [-0.4, -0.2) is 33.3 Å². The van der Waals surface area contributed by atoms with Gasteiger partial charge in [0.05, 0.1) is 17.8 Å². The second-order valence-electron chi connectivity index (χ2n) is 6.93. The Balaban J connectivity index is 2.11. The molecule has 0 fully saturated rings. The van der Waals surface area contributed by atoms with Crippen LogP contribution in [0.3, 0.4) is 0 Å². The fourth-order valence-electron chi connectivity index (χ4n) is 3.16. The van der Waals surface area contributed by atoms with Gasteiger partial charge in [0, 0.05) is 22.7 Å². The smallest absolute Gasteiger partial charge is 0.305 e. The normalized spacial score (nSPS) is 10.8. The van der Waals surface area contributed by atoms with Crippen LogP contribution in [0.15, 0.2) is 42.5 Å². The maximum Gasteiger partial charge on any atom is 0.305 e. The molecule has 1 amide bonds. The number of benzene rings is 2. The van der Waals surface area contributed by atoms with Crippen molar-refractivity contribution >= 4 is 23.5 Å². The van der Waals surface area contributed by atoms with Gasteiger partial charge in [0.1, 0.15) is 0 Å². The van der Waals surface area contributed by atoms with Crippen molar-refractivity contribution in [1.82, 2.24) is 15.1 Å². The minimum Gasteiger partial charge on any atom is -0.481 e. The monoisotopic (exact) mass is 411 g/mol. The van der Waals surface area contributed by atoms with E-state index in [1.54, 1.807) is 10.7 Å². The van der Waals surface area contributed by atoms with E-state index >= 15 is 0 Å². The minimum atomic E-state index is -0.968. The highest BCUT2D eigenvalue weighted by Gasteiger charge is 2.22. The number of carboxylic acids is 1. The fraction of sp³-hybridized carbons (Fsp3) is 0.227. The summed E-state index contributed by atoms with van der Waals surface area (Å²) in [5, 5.41) is 16.6. The zero-order valence-electron chi connectivity index (χ0n) is 16.5. The second kappa shape index (κ2) is 8.49. The molecular weight excluding hydrogens is 390 g/mol. The third-order valence-corrected chi connectivity index (χ3v) is 4.91. The Morgan fingerprint density at radius 2 is 1.79 bits per heavy atom. The Labute approximate surface area is 174 Å². The summed E-state index contributed by atoms with van der Waals surface area (Å²) < 4.78 is 1.75. The lowest BCUT2D eigenvalue weighted by molar-refractivity contribution is -0.136. The number of amides is 1. The lowest BCUT2D eigenvalue weighted by Crippen LogP contribution is -2.27. The van der Waals surface area contributed by atoms with Crippen molar-refractivity contribution in [2.45, 2.75) is 27.2 Å². The molecule has 0 atom stereocenters. The first-order valence-corrected chi connectivity index (χ1v) is 9.59. The topological polar surface area (TPSA) is 84.2 Å². The van der Waals surface area contributed by atoms with Crippen LogP contribution >= 0.6 is 11.6 Å². The maximum absolute atomic E-state index is 12.7. The van der Waals surface area contributed by atoms with E-state index in [2.05, 4.69) is 10.4 Å². The van der Waals surface area contributed by atoms with Crippen LogP contribution in [0.25, 0.3) is 16.9 Å². The van der Waals surface area contributed by atoms with E-state index in [1.807, 2.05) is 57.2 Å². The number of aryl methyl sites for hydroxylation is 2. The lowest BCUT2D eigenvalue weighted by atomic mass is 10.0. The summed E-state index contributed by atoms with van der Waals surface area (Å²) in [5.41, 5.74) is 5.59. The Kier molecular flexibility index (Phi) is 6.03. The van der Waals surface area contributed by atoms with E-state index in [1.165, 1.54) is 0 Å². The molecule has 2 N–H and O–H groups in total. The molecule has 6 nitrogen and oxygen atoms in total. The third-order valence-electron chi connectivity index (χ3n) is 4.67. The van der Waals surface area contributed by atoms with Crippen molar-refractivity contribution in [3.63, 3.8) is 0 Å². The van der Waals surface area contributed by atoms with Crippen LogP contribution in [0, 0.1) is 20.8 Å². The summed E-state index contributed by atoms with van der Waals surface area (Å²) in [6.07, 6.45) is -0.146. The molecule has 0 unspecified atom stereocenters. The second-order valence-corrected chi connectivity index (χ2v) is 7.37. The van der Waals surface area contributed by atoms with Crippen molar-refractivity contribution in [2.24, 2.45) is 0 Å². The van der Waals surface area contributed by atoms with Crippen LogP contribution in [0.2, 0.25) is 5.02 Å². The molecule has 150 valence electrons. The van der Waals surface area contributed by atoms with Gasteiger partial charge in [0.15, 0.2) is 5.69 Å². The van der Waals surface area contributed by atoms with Crippen LogP contribution in [0.5, 0.6) is 0 Å². The molecule has 0 aliphatic rings. The fourth-order valence-corrected chi connectivity index (χ4v) is 3.39. The summed E-state index contributed by atoms with van der Waals surface area (Å²) in [5.74, 6) is -1.37. The van der Waals surface area contributed by atoms with Gasteiger partial charge >= 0.3 is 5.97 Å². The standard InChI is InChI=1S/C22H22ClN3O3/c1-13-4-6-16(7-5-13)21-15(3)20(22(29)24-11-10-19(27)28)25-26(21)18-9-8-17(23)12-14(18)2/h4-9,12H,10-11H2,1-3H3,(H,24,29)(H,27,28). The molecule has 7 heteroatoms. The minimum absolute atomic E-state index is 0.0420. The maximum atomic E-state index is 12.7. The Morgan fingerprint density at radius 1 is 1.10 bits per heavy atom.